The first-order chi connectivity index (χ1) is 9.63. The summed E-state index contributed by atoms with van der Waals surface area (Å²) in [5, 5.41) is 15.9. The van der Waals surface area contributed by atoms with Crippen molar-refractivity contribution in [2.45, 2.75) is 30.8 Å². The summed E-state index contributed by atoms with van der Waals surface area (Å²) in [6.45, 7) is 2.52. The van der Waals surface area contributed by atoms with Crippen LogP contribution in [-0.4, -0.2) is 35.8 Å². The van der Waals surface area contributed by atoms with Crippen LogP contribution < -0.4 is 5.69 Å². The smallest absolute Gasteiger partial charge is 0.343 e. The third kappa shape index (κ3) is 3.05. The first-order valence-corrected chi connectivity index (χ1v) is 6.92. The lowest BCUT2D eigenvalue weighted by Gasteiger charge is -2.05. The van der Waals surface area contributed by atoms with E-state index in [1.807, 2.05) is 6.92 Å². The molecule has 2 heterocycles. The van der Waals surface area contributed by atoms with Crippen LogP contribution in [0.2, 0.25) is 0 Å². The molecule has 0 amide bonds. The third-order valence-corrected chi connectivity index (χ3v) is 3.52. The lowest BCUT2D eigenvalue weighted by molar-refractivity contribution is 0.0695. The zero-order valence-corrected chi connectivity index (χ0v) is 11.6. The number of hydrogen-bond acceptors (Lipinski definition) is 6. The van der Waals surface area contributed by atoms with E-state index in [0.29, 0.717) is 23.1 Å². The number of H-pyrrole nitrogens is 1. The van der Waals surface area contributed by atoms with Gasteiger partial charge in [0.15, 0.2) is 5.16 Å². The van der Waals surface area contributed by atoms with Crippen molar-refractivity contribution in [2.24, 2.45) is 0 Å². The molecule has 0 spiro atoms. The second-order valence-corrected chi connectivity index (χ2v) is 4.88. The van der Waals surface area contributed by atoms with Gasteiger partial charge in [0.25, 0.3) is 0 Å². The lowest BCUT2D eigenvalue weighted by atomic mass is 10.2. The van der Waals surface area contributed by atoms with Gasteiger partial charge in [0.05, 0.1) is 5.69 Å². The van der Waals surface area contributed by atoms with Gasteiger partial charge in [-0.3, -0.25) is 4.57 Å². The average Bonchev–Trinajstić information content (AvgIpc) is 2.78. The number of aromatic nitrogens is 5. The number of rotatable bonds is 6. The van der Waals surface area contributed by atoms with Crippen molar-refractivity contribution in [3.63, 3.8) is 0 Å². The van der Waals surface area contributed by atoms with Crippen molar-refractivity contribution in [3.05, 3.63) is 34.3 Å². The molecule has 2 N–H and O–H groups in total. The number of hydrogen-bond donors (Lipinski definition) is 2. The maximum Gasteiger partial charge on any atom is 0.343 e. The lowest BCUT2D eigenvalue weighted by Crippen LogP contribution is -2.17. The maximum absolute atomic E-state index is 11.5. The molecule has 106 valence electrons. The summed E-state index contributed by atoms with van der Waals surface area (Å²) in [6.07, 6.45) is 3.36. The van der Waals surface area contributed by atoms with Gasteiger partial charge < -0.3 is 5.11 Å². The molecule has 20 heavy (non-hydrogen) atoms. The fourth-order valence-corrected chi connectivity index (χ4v) is 2.55. The number of nitrogens with one attached hydrogen (secondary N) is 1. The summed E-state index contributed by atoms with van der Waals surface area (Å²) >= 11 is 1.26. The second kappa shape index (κ2) is 6.33. The molecule has 0 aromatic carbocycles. The summed E-state index contributed by atoms with van der Waals surface area (Å²) < 4.78 is 1.52. The predicted molar refractivity (Wildman–Crippen MR) is 71.7 cm³/mol. The Bertz CT molecular complexity index is 666. The molecule has 0 unspecified atom stereocenters. The van der Waals surface area contributed by atoms with Gasteiger partial charge in [-0.2, -0.15) is 0 Å². The number of aromatic amines is 1. The standard InChI is InChI=1S/C11H13N5O3S/c1-2-3-16-10(19)14-15-11(16)20-5-8-7(9(17)18)4-12-6-13-8/h4,6H,2-3,5H2,1H3,(H,14,19)(H,17,18). The topological polar surface area (TPSA) is 114 Å². The Kier molecular flexibility index (Phi) is 4.51. The van der Waals surface area contributed by atoms with Crippen LogP contribution in [0.25, 0.3) is 0 Å². The van der Waals surface area contributed by atoms with Gasteiger partial charge in [-0.1, -0.05) is 18.7 Å². The summed E-state index contributed by atoms with van der Waals surface area (Å²) in [7, 11) is 0. The molecule has 0 radical (unpaired) electrons. The van der Waals surface area contributed by atoms with Crippen molar-refractivity contribution < 1.29 is 9.90 Å². The molecule has 9 heteroatoms. The summed E-state index contributed by atoms with van der Waals surface area (Å²) in [5.41, 5.74) is 0.186. The molecule has 8 nitrogen and oxygen atoms in total. The molecule has 2 rings (SSSR count). The van der Waals surface area contributed by atoms with Crippen molar-refractivity contribution >= 4 is 17.7 Å². The van der Waals surface area contributed by atoms with Crippen LogP contribution in [-0.2, 0) is 12.3 Å². The fourth-order valence-electron chi connectivity index (χ4n) is 1.62. The summed E-state index contributed by atoms with van der Waals surface area (Å²) in [5.74, 6) is -0.771. The van der Waals surface area contributed by atoms with E-state index in [1.165, 1.54) is 28.9 Å². The molecule has 2 aromatic heterocycles. The molecule has 2 aromatic rings. The molecule has 0 saturated carbocycles. The van der Waals surface area contributed by atoms with Crippen LogP contribution in [0.1, 0.15) is 29.4 Å². The first-order valence-electron chi connectivity index (χ1n) is 5.93. The van der Waals surface area contributed by atoms with E-state index in [9.17, 15) is 9.59 Å². The van der Waals surface area contributed by atoms with E-state index in [1.54, 1.807) is 0 Å². The number of carbonyl (C=O) groups is 1. The van der Waals surface area contributed by atoms with Gasteiger partial charge in [-0.25, -0.2) is 24.7 Å². The molecule has 0 aliphatic carbocycles. The maximum atomic E-state index is 11.5. The van der Waals surface area contributed by atoms with Crippen LogP contribution in [0.15, 0.2) is 22.5 Å². The van der Waals surface area contributed by atoms with E-state index >= 15 is 0 Å². The van der Waals surface area contributed by atoms with Crippen molar-refractivity contribution in [1.82, 2.24) is 24.7 Å². The number of carboxylic acids is 1. The van der Waals surface area contributed by atoms with Crippen molar-refractivity contribution in [3.8, 4) is 0 Å². The minimum atomic E-state index is -1.07. The number of thioether (sulfide) groups is 1. The molecule has 0 aliphatic rings. The van der Waals surface area contributed by atoms with Gasteiger partial charge in [0, 0.05) is 18.5 Å². The Hall–Kier alpha value is -2.16. The first kappa shape index (κ1) is 14.3. The molecule has 0 atom stereocenters. The Labute approximate surface area is 118 Å². The Balaban J connectivity index is 2.17. The molecule has 0 bridgehead atoms. The fraction of sp³-hybridized carbons (Fsp3) is 0.364. The Morgan fingerprint density at radius 1 is 1.55 bits per heavy atom. The highest BCUT2D eigenvalue weighted by Crippen LogP contribution is 2.20. The third-order valence-electron chi connectivity index (χ3n) is 2.53. The Morgan fingerprint density at radius 3 is 3.05 bits per heavy atom. The van der Waals surface area contributed by atoms with Crippen molar-refractivity contribution in [1.29, 1.82) is 0 Å². The SMILES string of the molecule is CCCn1c(SCc2ncncc2C(=O)O)n[nH]c1=O. The number of nitrogens with zero attached hydrogens (tertiary/aromatic N) is 4. The zero-order chi connectivity index (χ0) is 14.5. The highest BCUT2D eigenvalue weighted by Gasteiger charge is 2.14. The van der Waals surface area contributed by atoms with Crippen LogP contribution in [0.4, 0.5) is 0 Å². The monoisotopic (exact) mass is 295 g/mol. The van der Waals surface area contributed by atoms with Crippen LogP contribution in [0, 0.1) is 0 Å². The molecule has 0 saturated heterocycles. The summed E-state index contributed by atoms with van der Waals surface area (Å²) in [6, 6.07) is 0. The molecule has 0 aliphatic heterocycles. The van der Waals surface area contributed by atoms with Crippen LogP contribution >= 0.6 is 11.8 Å². The van der Waals surface area contributed by atoms with Gasteiger partial charge in [0.1, 0.15) is 11.9 Å². The van der Waals surface area contributed by atoms with E-state index in [0.717, 1.165) is 6.42 Å². The van der Waals surface area contributed by atoms with Crippen LogP contribution in [0.5, 0.6) is 0 Å². The molecular formula is C11H13N5O3S. The molecular weight excluding hydrogens is 282 g/mol. The highest BCUT2D eigenvalue weighted by molar-refractivity contribution is 7.98. The van der Waals surface area contributed by atoms with Gasteiger partial charge >= 0.3 is 11.7 Å². The molecule has 0 fully saturated rings. The minimum absolute atomic E-state index is 0.0555. The van der Waals surface area contributed by atoms with Crippen molar-refractivity contribution in [2.75, 3.05) is 0 Å². The number of aromatic carboxylic acids is 1. The van der Waals surface area contributed by atoms with Gasteiger partial charge in [-0.15, -0.1) is 5.10 Å². The van der Waals surface area contributed by atoms with E-state index < -0.39 is 5.97 Å². The normalized spacial score (nSPS) is 10.7. The van der Waals surface area contributed by atoms with Crippen LogP contribution in [0.3, 0.4) is 0 Å². The van der Waals surface area contributed by atoms with E-state index in [2.05, 4.69) is 20.2 Å². The van der Waals surface area contributed by atoms with Gasteiger partial charge in [0.2, 0.25) is 0 Å². The highest BCUT2D eigenvalue weighted by atomic mass is 32.2. The average molecular weight is 295 g/mol. The van der Waals surface area contributed by atoms with E-state index in [-0.39, 0.29) is 11.3 Å². The Morgan fingerprint density at radius 2 is 2.35 bits per heavy atom. The second-order valence-electron chi connectivity index (χ2n) is 3.94. The minimum Gasteiger partial charge on any atom is -0.478 e. The largest absolute Gasteiger partial charge is 0.478 e. The zero-order valence-electron chi connectivity index (χ0n) is 10.7. The predicted octanol–water partition coefficient (Wildman–Crippen LogP) is 0.762. The summed E-state index contributed by atoms with van der Waals surface area (Å²) in [4.78, 5) is 30.2. The van der Waals surface area contributed by atoms with E-state index in [4.69, 9.17) is 5.11 Å². The quantitative estimate of drug-likeness (QED) is 0.756. The van der Waals surface area contributed by atoms with Gasteiger partial charge in [-0.05, 0) is 6.42 Å². The number of carboxylic acid groups (broad SMARTS) is 1.